The Kier molecular flexibility index (Phi) is 9.32. The van der Waals surface area contributed by atoms with Crippen molar-refractivity contribution >= 4 is 43.7 Å². The number of rotatable bonds is 10. The highest BCUT2D eigenvalue weighted by Crippen LogP contribution is 2.29. The maximum Gasteiger partial charge on any atom is 0.471 e. The summed E-state index contributed by atoms with van der Waals surface area (Å²) < 4.78 is 39.4. The minimum absolute atomic E-state index is 0.00904. The average molecular weight is 501 g/mol. The molecule has 186 valence electrons. The second-order valence-corrected chi connectivity index (χ2v) is 9.56. The van der Waals surface area contributed by atoms with E-state index in [0.717, 1.165) is 24.3 Å². The summed E-state index contributed by atoms with van der Waals surface area (Å²) in [4.78, 5) is 52.2. The molecule has 0 aliphatic carbocycles. The number of anilines is 1. The van der Waals surface area contributed by atoms with Crippen LogP contribution >= 0.6 is 8.58 Å². The Hall–Kier alpha value is -2.81. The fraction of sp³-hybridized carbons (Fsp3) is 0.500. The standard InChI is InChI=1S/C22H27F3N3O5P/c1-12(2)17(29)10-18-26-16(13(3)19(30)27-18)8-9-34-11-28(21(33)22(23,24)25)15-6-4-14(5-7-15)20(31)32/h4-7,12-13,16,34H,8-11H2,1-3H3,(H,31,32)(H,26,27,30). The predicted octanol–water partition coefficient (Wildman–Crippen LogP) is 3.45. The molecule has 34 heavy (non-hydrogen) atoms. The Morgan fingerprint density at radius 2 is 1.82 bits per heavy atom. The van der Waals surface area contributed by atoms with Crippen molar-refractivity contribution in [2.75, 3.05) is 17.3 Å². The molecule has 2 N–H and O–H groups in total. The number of aromatic carboxylic acids is 1. The second-order valence-electron chi connectivity index (χ2n) is 8.25. The zero-order chi connectivity index (χ0) is 25.6. The Balaban J connectivity index is 2.06. The van der Waals surface area contributed by atoms with Crippen LogP contribution in [-0.4, -0.2) is 59.2 Å². The number of halogens is 3. The molecule has 1 aromatic carbocycles. The largest absolute Gasteiger partial charge is 0.478 e. The molecule has 0 saturated heterocycles. The Labute approximate surface area is 196 Å². The Bertz CT molecular complexity index is 964. The number of aliphatic imine (C=N–C) groups is 1. The number of carboxylic acid groups (broad SMARTS) is 1. The van der Waals surface area contributed by atoms with Gasteiger partial charge in [-0.3, -0.25) is 19.4 Å². The van der Waals surface area contributed by atoms with E-state index in [1.54, 1.807) is 20.8 Å². The van der Waals surface area contributed by atoms with Crippen molar-refractivity contribution in [3.05, 3.63) is 29.8 Å². The molecule has 1 aliphatic rings. The van der Waals surface area contributed by atoms with Gasteiger partial charge in [-0.2, -0.15) is 13.2 Å². The highest BCUT2D eigenvalue weighted by molar-refractivity contribution is 7.38. The van der Waals surface area contributed by atoms with E-state index in [2.05, 4.69) is 10.3 Å². The predicted molar refractivity (Wildman–Crippen MR) is 123 cm³/mol. The van der Waals surface area contributed by atoms with Gasteiger partial charge in [0.15, 0.2) is 0 Å². The lowest BCUT2D eigenvalue weighted by Gasteiger charge is -2.27. The summed E-state index contributed by atoms with van der Waals surface area (Å²) in [6, 6.07) is 4.17. The highest BCUT2D eigenvalue weighted by atomic mass is 31.1. The Morgan fingerprint density at radius 1 is 1.21 bits per heavy atom. The van der Waals surface area contributed by atoms with Crippen LogP contribution in [-0.2, 0) is 14.4 Å². The summed E-state index contributed by atoms with van der Waals surface area (Å²) in [6.45, 7) is 5.19. The van der Waals surface area contributed by atoms with Gasteiger partial charge in [0.05, 0.1) is 23.9 Å². The van der Waals surface area contributed by atoms with Crippen LogP contribution in [0.3, 0.4) is 0 Å². The van der Waals surface area contributed by atoms with Gasteiger partial charge in [-0.25, -0.2) is 4.79 Å². The molecule has 2 amide bonds. The number of nitrogens with one attached hydrogen (secondary N) is 1. The first kappa shape index (κ1) is 27.4. The summed E-state index contributed by atoms with van der Waals surface area (Å²) >= 11 is 0. The molecule has 0 radical (unpaired) electrons. The normalized spacial score (nSPS) is 18.7. The molecular formula is C22H27F3N3O5P. The first-order valence-corrected chi connectivity index (χ1v) is 12.1. The summed E-state index contributed by atoms with van der Waals surface area (Å²) in [5.74, 6) is -3.97. The molecule has 1 aliphatic heterocycles. The quantitative estimate of drug-likeness (QED) is 0.376. The second kappa shape index (κ2) is 11.6. The highest BCUT2D eigenvalue weighted by Gasteiger charge is 2.43. The zero-order valence-corrected chi connectivity index (χ0v) is 20.0. The van der Waals surface area contributed by atoms with Gasteiger partial charge in [0, 0.05) is 17.9 Å². The molecule has 12 heteroatoms. The molecule has 2 rings (SSSR count). The van der Waals surface area contributed by atoms with Gasteiger partial charge in [-0.1, -0.05) is 20.8 Å². The van der Waals surface area contributed by atoms with Crippen LogP contribution in [0.2, 0.25) is 0 Å². The molecule has 0 fully saturated rings. The lowest BCUT2D eigenvalue weighted by Crippen LogP contribution is -2.45. The number of ketones is 1. The first-order chi connectivity index (χ1) is 15.8. The zero-order valence-electron chi connectivity index (χ0n) is 19.0. The van der Waals surface area contributed by atoms with Crippen molar-refractivity contribution in [2.24, 2.45) is 16.8 Å². The molecule has 8 nitrogen and oxygen atoms in total. The smallest absolute Gasteiger partial charge is 0.471 e. The van der Waals surface area contributed by atoms with E-state index in [1.807, 2.05) is 0 Å². The minimum atomic E-state index is -5.09. The number of hydrogen-bond donors (Lipinski definition) is 2. The summed E-state index contributed by atoms with van der Waals surface area (Å²) in [5, 5.41) is 11.6. The van der Waals surface area contributed by atoms with E-state index < -0.39 is 30.0 Å². The number of hydrogen-bond acceptors (Lipinski definition) is 5. The van der Waals surface area contributed by atoms with Gasteiger partial charge in [0.2, 0.25) is 5.91 Å². The van der Waals surface area contributed by atoms with Gasteiger partial charge in [-0.15, -0.1) is 8.58 Å². The SMILES string of the molecule is CC(C)C(=O)CC1=NC(CCPCN(C(=O)C(F)(F)F)c2ccc(C(=O)O)cc2)C(C)C(=O)N1. The summed E-state index contributed by atoms with van der Waals surface area (Å²) in [6.07, 6.45) is -4.49. The molecule has 1 heterocycles. The van der Waals surface area contributed by atoms with Gasteiger partial charge < -0.3 is 15.3 Å². The lowest BCUT2D eigenvalue weighted by atomic mass is 9.96. The molecule has 0 spiro atoms. The fourth-order valence-corrected chi connectivity index (χ4v) is 4.41. The van der Waals surface area contributed by atoms with E-state index >= 15 is 0 Å². The van der Waals surface area contributed by atoms with Crippen LogP contribution < -0.4 is 10.2 Å². The monoisotopic (exact) mass is 501 g/mol. The van der Waals surface area contributed by atoms with E-state index in [-0.39, 0.29) is 50.1 Å². The first-order valence-electron chi connectivity index (χ1n) is 10.6. The minimum Gasteiger partial charge on any atom is -0.478 e. The van der Waals surface area contributed by atoms with Crippen LogP contribution in [0.1, 0.15) is 44.0 Å². The molecule has 3 unspecified atom stereocenters. The number of Topliss-reactive ketones (excluding diaryl/α,β-unsaturated/α-hetero) is 1. The topological polar surface area (TPSA) is 116 Å². The van der Waals surface area contributed by atoms with Crippen molar-refractivity contribution < 1.29 is 37.5 Å². The lowest BCUT2D eigenvalue weighted by molar-refractivity contribution is -0.170. The third-order valence-corrected chi connectivity index (χ3v) is 6.55. The number of carbonyl (C=O) groups excluding carboxylic acids is 3. The number of benzene rings is 1. The van der Waals surface area contributed by atoms with Crippen molar-refractivity contribution in [1.82, 2.24) is 5.32 Å². The third kappa shape index (κ3) is 7.35. The number of alkyl halides is 3. The van der Waals surface area contributed by atoms with Crippen LogP contribution in [0, 0.1) is 11.8 Å². The van der Waals surface area contributed by atoms with E-state index in [9.17, 15) is 32.3 Å². The van der Waals surface area contributed by atoms with E-state index in [1.165, 1.54) is 0 Å². The number of amidine groups is 1. The van der Waals surface area contributed by atoms with Crippen LogP contribution in [0.4, 0.5) is 18.9 Å². The third-order valence-electron chi connectivity index (χ3n) is 5.37. The van der Waals surface area contributed by atoms with Gasteiger partial charge in [-0.05, 0) is 36.8 Å². The van der Waals surface area contributed by atoms with Gasteiger partial charge >= 0.3 is 18.1 Å². The Morgan fingerprint density at radius 3 is 2.35 bits per heavy atom. The maximum atomic E-state index is 13.1. The number of carbonyl (C=O) groups is 4. The van der Waals surface area contributed by atoms with Gasteiger partial charge in [0.1, 0.15) is 11.6 Å². The van der Waals surface area contributed by atoms with Crippen LogP contribution in [0.15, 0.2) is 29.3 Å². The summed E-state index contributed by atoms with van der Waals surface area (Å²) in [5.41, 5.74) is -0.169. The van der Waals surface area contributed by atoms with Crippen LogP contribution in [0.25, 0.3) is 0 Å². The molecule has 0 aromatic heterocycles. The van der Waals surface area contributed by atoms with E-state index in [0.29, 0.717) is 23.3 Å². The number of nitrogens with zero attached hydrogens (tertiary/aromatic N) is 2. The fourth-order valence-electron chi connectivity index (χ4n) is 3.21. The maximum absolute atomic E-state index is 13.1. The number of carboxylic acids is 1. The average Bonchev–Trinajstić information content (AvgIpc) is 2.75. The molecule has 0 bridgehead atoms. The molecule has 1 aromatic rings. The molecule has 3 atom stereocenters. The molecular weight excluding hydrogens is 474 g/mol. The number of amides is 2. The van der Waals surface area contributed by atoms with Crippen molar-refractivity contribution in [3.63, 3.8) is 0 Å². The molecule has 0 saturated carbocycles. The van der Waals surface area contributed by atoms with Crippen molar-refractivity contribution in [1.29, 1.82) is 0 Å². The van der Waals surface area contributed by atoms with Gasteiger partial charge in [0.25, 0.3) is 0 Å². The van der Waals surface area contributed by atoms with Crippen molar-refractivity contribution in [3.8, 4) is 0 Å². The summed E-state index contributed by atoms with van der Waals surface area (Å²) in [7, 11) is -0.0863. The van der Waals surface area contributed by atoms with Crippen molar-refractivity contribution in [2.45, 2.75) is 45.8 Å². The van der Waals surface area contributed by atoms with Crippen LogP contribution in [0.5, 0.6) is 0 Å². The van der Waals surface area contributed by atoms with E-state index in [4.69, 9.17) is 5.11 Å².